The van der Waals surface area contributed by atoms with Gasteiger partial charge in [-0.25, -0.2) is 17.7 Å². The summed E-state index contributed by atoms with van der Waals surface area (Å²) in [7, 11) is -0.503. The molecule has 2 aliphatic carbocycles. The second-order valence-electron chi connectivity index (χ2n) is 10.9. The summed E-state index contributed by atoms with van der Waals surface area (Å²) in [6.07, 6.45) is 10.7. The summed E-state index contributed by atoms with van der Waals surface area (Å²) in [5.74, 6) is 0.714. The first-order valence-corrected chi connectivity index (χ1v) is 15.0. The molecule has 9 heteroatoms. The number of aromatic nitrogens is 2. The molecule has 0 spiro atoms. The number of carbonyl (C=O) groups is 1. The van der Waals surface area contributed by atoms with Crippen molar-refractivity contribution in [1.29, 1.82) is 0 Å². The molecule has 1 aromatic heterocycles. The highest BCUT2D eigenvalue weighted by Gasteiger charge is 2.53. The van der Waals surface area contributed by atoms with Crippen molar-refractivity contribution in [2.45, 2.75) is 74.6 Å². The van der Waals surface area contributed by atoms with E-state index < -0.39 is 15.6 Å². The number of fused-ring (bicyclic) bond motifs is 1. The molecule has 0 unspecified atom stereocenters. The van der Waals surface area contributed by atoms with E-state index in [4.69, 9.17) is 10.7 Å². The van der Waals surface area contributed by atoms with E-state index in [0.717, 1.165) is 68.0 Å². The minimum atomic E-state index is -3.55. The van der Waals surface area contributed by atoms with Gasteiger partial charge in [-0.2, -0.15) is 0 Å². The lowest BCUT2D eigenvalue weighted by atomic mass is 9.63. The van der Waals surface area contributed by atoms with Gasteiger partial charge in [-0.15, -0.1) is 12.4 Å². The van der Waals surface area contributed by atoms with E-state index in [0.29, 0.717) is 5.82 Å². The third kappa shape index (κ3) is 4.75. The van der Waals surface area contributed by atoms with Crippen LogP contribution in [-0.2, 0) is 20.4 Å². The van der Waals surface area contributed by atoms with Crippen molar-refractivity contribution in [3.8, 4) is 11.4 Å². The fourth-order valence-electron chi connectivity index (χ4n) is 6.88. The maximum Gasteiger partial charge on any atom is 0.244 e. The molecule has 0 saturated heterocycles. The van der Waals surface area contributed by atoms with Gasteiger partial charge in [0.15, 0.2) is 0 Å². The van der Waals surface area contributed by atoms with Crippen LogP contribution < -0.4 is 5.73 Å². The lowest BCUT2D eigenvalue weighted by Gasteiger charge is -2.48. The second kappa shape index (κ2) is 11.4. The standard InChI is InChI=1S/C29H38N4O3S.ClH/c1-32(2)37(35,36)24-19-17-21(18-20-24)27-31-25-15-9-10-16-26(25)33(27)29(28(30)34,22-11-5-3-6-12-22)23-13-7-4-8-14-23;/h9-10,15-20,22-23H,3-8,11-14H2,1-2H3,(H2,30,34);1H. The van der Waals surface area contributed by atoms with Gasteiger partial charge in [0.05, 0.1) is 15.9 Å². The van der Waals surface area contributed by atoms with Gasteiger partial charge >= 0.3 is 0 Å². The van der Waals surface area contributed by atoms with Crippen molar-refractivity contribution >= 4 is 39.4 Å². The molecule has 2 saturated carbocycles. The van der Waals surface area contributed by atoms with Gasteiger partial charge in [0.25, 0.3) is 0 Å². The van der Waals surface area contributed by atoms with Gasteiger partial charge in [0, 0.05) is 19.7 Å². The fraction of sp³-hybridized carbons (Fsp3) is 0.517. The lowest BCUT2D eigenvalue weighted by molar-refractivity contribution is -0.135. The molecule has 2 aliphatic rings. The number of rotatable bonds is 7. The van der Waals surface area contributed by atoms with Crippen LogP contribution in [0.1, 0.15) is 64.2 Å². The van der Waals surface area contributed by atoms with Gasteiger partial charge in [-0.05, 0) is 73.9 Å². The second-order valence-corrected chi connectivity index (χ2v) is 13.1. The van der Waals surface area contributed by atoms with Crippen molar-refractivity contribution in [2.24, 2.45) is 17.6 Å². The normalized spacial score (nSPS) is 18.0. The molecule has 7 nitrogen and oxygen atoms in total. The molecule has 0 radical (unpaired) electrons. The number of imidazole rings is 1. The summed E-state index contributed by atoms with van der Waals surface area (Å²) in [6.45, 7) is 0. The third-order valence-corrected chi connectivity index (χ3v) is 10.5. The van der Waals surface area contributed by atoms with Gasteiger partial charge in [0.2, 0.25) is 15.9 Å². The number of halogens is 1. The molecule has 2 fully saturated rings. The maximum absolute atomic E-state index is 13.9. The van der Waals surface area contributed by atoms with Gasteiger partial charge < -0.3 is 10.3 Å². The van der Waals surface area contributed by atoms with Crippen molar-refractivity contribution in [2.75, 3.05) is 14.1 Å². The van der Waals surface area contributed by atoms with Crippen LogP contribution >= 0.6 is 12.4 Å². The van der Waals surface area contributed by atoms with Gasteiger partial charge in [-0.3, -0.25) is 4.79 Å². The first-order valence-electron chi connectivity index (χ1n) is 13.6. The number of benzene rings is 2. The number of carbonyl (C=O) groups excluding carboxylic acids is 1. The number of sulfonamides is 1. The lowest BCUT2D eigenvalue weighted by Crippen LogP contribution is -2.58. The van der Waals surface area contributed by atoms with Crippen molar-refractivity contribution < 1.29 is 13.2 Å². The fourth-order valence-corrected chi connectivity index (χ4v) is 7.78. The highest BCUT2D eigenvalue weighted by atomic mass is 35.5. The predicted molar refractivity (Wildman–Crippen MR) is 154 cm³/mol. The molecular weight excluding hydrogens is 520 g/mol. The molecule has 0 aliphatic heterocycles. The van der Waals surface area contributed by atoms with Gasteiger partial charge in [-0.1, -0.05) is 50.7 Å². The maximum atomic E-state index is 13.9. The highest BCUT2D eigenvalue weighted by molar-refractivity contribution is 7.89. The van der Waals surface area contributed by atoms with Crippen LogP contribution in [0.3, 0.4) is 0 Å². The zero-order valence-electron chi connectivity index (χ0n) is 22.3. The number of para-hydroxylation sites is 2. The van der Waals surface area contributed by atoms with E-state index in [-0.39, 0.29) is 35.0 Å². The molecule has 1 amide bonds. The minimum Gasteiger partial charge on any atom is -0.368 e. The van der Waals surface area contributed by atoms with Crippen LogP contribution in [0, 0.1) is 11.8 Å². The molecule has 5 rings (SSSR count). The number of nitrogens with two attached hydrogens (primary N) is 1. The number of hydrogen-bond acceptors (Lipinski definition) is 4. The highest BCUT2D eigenvalue weighted by Crippen LogP contribution is 2.50. The number of hydrogen-bond donors (Lipinski definition) is 1. The SMILES string of the molecule is CN(C)S(=O)(=O)c1ccc(-c2nc3ccccc3n2C(C(N)=O)(C2CCCCC2)C2CCCCC2)cc1.Cl. The molecule has 1 heterocycles. The summed E-state index contributed by atoms with van der Waals surface area (Å²) in [5, 5.41) is 0. The Morgan fingerprint density at radius 3 is 1.92 bits per heavy atom. The quantitative estimate of drug-likeness (QED) is 0.401. The molecule has 2 aromatic carbocycles. The topological polar surface area (TPSA) is 98.3 Å². The van der Waals surface area contributed by atoms with E-state index >= 15 is 0 Å². The summed E-state index contributed by atoms with van der Waals surface area (Å²) in [4.78, 5) is 19.2. The summed E-state index contributed by atoms with van der Waals surface area (Å²) < 4.78 is 28.8. The smallest absolute Gasteiger partial charge is 0.244 e. The van der Waals surface area contributed by atoms with Crippen molar-refractivity contribution in [3.63, 3.8) is 0 Å². The van der Waals surface area contributed by atoms with E-state index in [1.165, 1.54) is 31.2 Å². The van der Waals surface area contributed by atoms with Crippen LogP contribution in [0.15, 0.2) is 53.4 Å². The Balaban J connectivity index is 0.00000336. The zero-order chi connectivity index (χ0) is 26.2. The van der Waals surface area contributed by atoms with Crippen LogP contribution in [0.5, 0.6) is 0 Å². The summed E-state index contributed by atoms with van der Waals surface area (Å²) >= 11 is 0. The average Bonchev–Trinajstić information content (AvgIpc) is 3.30. The number of amides is 1. The van der Waals surface area contributed by atoms with Crippen molar-refractivity contribution in [3.05, 3.63) is 48.5 Å². The summed E-state index contributed by atoms with van der Waals surface area (Å²) in [6, 6.07) is 14.8. The van der Waals surface area contributed by atoms with Gasteiger partial charge in [0.1, 0.15) is 11.4 Å². The van der Waals surface area contributed by atoms with E-state index in [2.05, 4.69) is 4.57 Å². The van der Waals surface area contributed by atoms with Crippen LogP contribution in [0.25, 0.3) is 22.4 Å². The largest absolute Gasteiger partial charge is 0.368 e. The predicted octanol–water partition coefficient (Wildman–Crippen LogP) is 5.72. The Morgan fingerprint density at radius 2 is 1.42 bits per heavy atom. The Bertz CT molecular complexity index is 1350. The molecule has 0 atom stereocenters. The molecular formula is C29H39ClN4O3S. The van der Waals surface area contributed by atoms with E-state index in [1.807, 2.05) is 36.4 Å². The number of nitrogens with zero attached hydrogens (tertiary/aromatic N) is 3. The van der Waals surface area contributed by atoms with Crippen LogP contribution in [0.4, 0.5) is 0 Å². The molecule has 2 N–H and O–H groups in total. The van der Waals surface area contributed by atoms with E-state index in [1.54, 1.807) is 12.1 Å². The van der Waals surface area contributed by atoms with Crippen molar-refractivity contribution in [1.82, 2.24) is 13.9 Å². The summed E-state index contributed by atoms with van der Waals surface area (Å²) in [5.41, 5.74) is 8.15. The Morgan fingerprint density at radius 1 is 0.895 bits per heavy atom. The van der Waals surface area contributed by atoms with Crippen LogP contribution in [0.2, 0.25) is 0 Å². The first-order chi connectivity index (χ1) is 17.8. The average molecular weight is 559 g/mol. The molecule has 206 valence electrons. The minimum absolute atomic E-state index is 0. The third-order valence-electron chi connectivity index (χ3n) is 8.67. The Kier molecular flexibility index (Phi) is 8.55. The Hall–Kier alpha value is -2.42. The molecule has 3 aromatic rings. The van der Waals surface area contributed by atoms with E-state index in [9.17, 15) is 13.2 Å². The monoisotopic (exact) mass is 558 g/mol. The Labute approximate surface area is 232 Å². The first kappa shape index (κ1) is 28.6. The molecule has 38 heavy (non-hydrogen) atoms. The number of primary amides is 1. The molecule has 0 bridgehead atoms. The zero-order valence-corrected chi connectivity index (χ0v) is 23.9. The van der Waals surface area contributed by atoms with Crippen LogP contribution in [-0.4, -0.2) is 42.3 Å².